The molecular formula is C39H45ClFN5O7. The number of piperidine rings is 1. The predicted octanol–water partition coefficient (Wildman–Crippen LogP) is 4.68. The topological polar surface area (TPSA) is 154 Å². The highest BCUT2D eigenvalue weighted by molar-refractivity contribution is 6.32. The highest BCUT2D eigenvalue weighted by atomic mass is 35.5. The van der Waals surface area contributed by atoms with Crippen LogP contribution >= 0.6 is 11.6 Å². The molecular weight excluding hydrogens is 705 g/mol. The molecule has 1 unspecified atom stereocenters. The van der Waals surface area contributed by atoms with Gasteiger partial charge in [0.05, 0.1) is 46.7 Å². The summed E-state index contributed by atoms with van der Waals surface area (Å²) in [5, 5.41) is 24.9. The molecule has 8 rings (SSSR count). The van der Waals surface area contributed by atoms with E-state index in [1.165, 1.54) is 47.6 Å². The smallest absolute Gasteiger partial charge is 0.343 e. The predicted molar refractivity (Wildman–Crippen MR) is 194 cm³/mol. The Morgan fingerprint density at radius 2 is 1.81 bits per heavy atom. The highest BCUT2D eigenvalue weighted by Crippen LogP contribution is 2.47. The third-order valence-electron chi connectivity index (χ3n) is 12.5. The molecule has 282 valence electrons. The van der Waals surface area contributed by atoms with Crippen molar-refractivity contribution >= 4 is 40.4 Å². The number of hydrogen-bond acceptors (Lipinski definition) is 8. The molecule has 2 aromatic heterocycles. The summed E-state index contributed by atoms with van der Waals surface area (Å²) >= 11 is 6.52. The van der Waals surface area contributed by atoms with Crippen molar-refractivity contribution in [2.75, 3.05) is 32.8 Å². The largest absolute Gasteiger partial charge is 0.458 e. The fourth-order valence-corrected chi connectivity index (χ4v) is 9.89. The van der Waals surface area contributed by atoms with Crippen molar-refractivity contribution < 1.29 is 33.7 Å². The van der Waals surface area contributed by atoms with Gasteiger partial charge in [-0.15, -0.1) is 0 Å². The molecule has 3 N–H and O–H groups in total. The minimum atomic E-state index is -2.01. The lowest BCUT2D eigenvalue weighted by molar-refractivity contribution is -0.172. The molecule has 0 radical (unpaired) electrons. The number of aromatic nitrogens is 2. The number of benzene rings is 1. The van der Waals surface area contributed by atoms with Crippen molar-refractivity contribution in [3.63, 3.8) is 0 Å². The van der Waals surface area contributed by atoms with Crippen molar-refractivity contribution in [2.45, 2.75) is 95.9 Å². The number of esters is 1. The lowest BCUT2D eigenvalue weighted by Gasteiger charge is -2.39. The van der Waals surface area contributed by atoms with Crippen LogP contribution in [0.4, 0.5) is 9.18 Å². The minimum absolute atomic E-state index is 0.00527. The number of halogens is 2. The fourth-order valence-electron chi connectivity index (χ4n) is 9.64. The molecule has 14 heteroatoms. The van der Waals surface area contributed by atoms with E-state index in [1.54, 1.807) is 17.9 Å². The summed E-state index contributed by atoms with van der Waals surface area (Å²) in [6, 6.07) is 1.98. The van der Waals surface area contributed by atoms with Crippen LogP contribution in [0.15, 0.2) is 16.9 Å². The maximum atomic E-state index is 15.2. The molecule has 0 bridgehead atoms. The minimum Gasteiger partial charge on any atom is -0.458 e. The van der Waals surface area contributed by atoms with Crippen LogP contribution in [-0.4, -0.2) is 80.3 Å². The molecule has 2 aliphatic carbocycles. The number of aliphatic hydroxyl groups is 2. The monoisotopic (exact) mass is 749 g/mol. The lowest BCUT2D eigenvalue weighted by atomic mass is 9.76. The first-order valence-corrected chi connectivity index (χ1v) is 19.4. The molecule has 53 heavy (non-hydrogen) atoms. The Morgan fingerprint density at radius 1 is 1.08 bits per heavy atom. The van der Waals surface area contributed by atoms with E-state index in [0.29, 0.717) is 70.8 Å². The fraction of sp³-hybridized carbons (Fsp3) is 0.564. The molecule has 5 aliphatic rings. The van der Waals surface area contributed by atoms with Gasteiger partial charge in [-0.2, -0.15) is 0 Å². The quantitative estimate of drug-likeness (QED) is 0.230. The number of amides is 3. The summed E-state index contributed by atoms with van der Waals surface area (Å²) < 4.78 is 21.9. The molecule has 2 fully saturated rings. The standard InChI is InChI=1S/C39H45ClFN5O7/c1-2-39(52)26-16-30-35-24(18-46(30)36(49)25(26)20-53-37(39)50)33-28(9-8-23-32(33)29(43-35)17-27(41)34(23)40)42-31(48)19-45(14-15-47)38(51)44-12-10-22(11-13-44)21-6-4-3-5-7-21/h16-17,21-22,28,47,52H,2-15,18-20H2,1H3,(H,42,48)/t28?,39-/m0/s1. The van der Waals surface area contributed by atoms with Gasteiger partial charge in [0.2, 0.25) is 5.91 Å². The zero-order valence-corrected chi connectivity index (χ0v) is 30.6. The number of aliphatic hydroxyl groups excluding tert-OH is 1. The second-order valence-corrected chi connectivity index (χ2v) is 15.7. The number of nitrogens with one attached hydrogen (secondary N) is 1. The number of aryl methyl sites for hydroxylation is 1. The third-order valence-corrected chi connectivity index (χ3v) is 12.9. The van der Waals surface area contributed by atoms with Gasteiger partial charge in [0, 0.05) is 42.2 Å². The zero-order valence-electron chi connectivity index (χ0n) is 29.9. The van der Waals surface area contributed by atoms with Gasteiger partial charge in [-0.05, 0) is 61.1 Å². The van der Waals surface area contributed by atoms with E-state index in [4.69, 9.17) is 21.3 Å². The van der Waals surface area contributed by atoms with Crippen LogP contribution in [0.5, 0.6) is 0 Å². The van der Waals surface area contributed by atoms with E-state index in [2.05, 4.69) is 5.32 Å². The number of urea groups is 1. The van der Waals surface area contributed by atoms with Crippen molar-refractivity contribution in [1.82, 2.24) is 24.7 Å². The van der Waals surface area contributed by atoms with Crippen molar-refractivity contribution in [2.24, 2.45) is 11.8 Å². The van der Waals surface area contributed by atoms with Crippen LogP contribution in [0, 0.1) is 17.7 Å². The van der Waals surface area contributed by atoms with Crippen LogP contribution in [0.3, 0.4) is 0 Å². The number of carbonyl (C=O) groups is 3. The normalized spacial score (nSPS) is 22.6. The molecule has 2 atom stereocenters. The van der Waals surface area contributed by atoms with Gasteiger partial charge in [0.15, 0.2) is 5.60 Å². The summed E-state index contributed by atoms with van der Waals surface area (Å²) in [6.07, 6.45) is 8.98. The van der Waals surface area contributed by atoms with Crippen molar-refractivity contribution in [3.8, 4) is 11.4 Å². The van der Waals surface area contributed by atoms with Crippen LogP contribution < -0.4 is 10.9 Å². The molecule has 3 aromatic rings. The van der Waals surface area contributed by atoms with E-state index in [1.807, 2.05) is 0 Å². The van der Waals surface area contributed by atoms with E-state index in [-0.39, 0.29) is 61.4 Å². The summed E-state index contributed by atoms with van der Waals surface area (Å²) in [6.45, 7) is 2.13. The van der Waals surface area contributed by atoms with E-state index < -0.39 is 34.9 Å². The molecule has 3 aliphatic heterocycles. The molecule has 3 amide bonds. The lowest BCUT2D eigenvalue weighted by Crippen LogP contribution is -2.51. The maximum absolute atomic E-state index is 15.2. The van der Waals surface area contributed by atoms with Crippen LogP contribution in [0.1, 0.15) is 98.6 Å². The van der Waals surface area contributed by atoms with Crippen molar-refractivity contribution in [3.05, 3.63) is 61.1 Å². The second-order valence-electron chi connectivity index (χ2n) is 15.3. The van der Waals surface area contributed by atoms with E-state index in [9.17, 15) is 29.4 Å². The number of likely N-dealkylation sites (tertiary alicyclic amines) is 1. The first-order valence-electron chi connectivity index (χ1n) is 19.0. The summed E-state index contributed by atoms with van der Waals surface area (Å²) in [7, 11) is 0. The SMILES string of the molecule is CC[C@@]1(O)C(=O)OCc2c1cc1n(c2=O)Cc2c-1nc1cc(F)c(Cl)c3c1c2C(NC(=O)CN(CCO)C(=O)N1CCC(C2CCCCC2)CC1)CC3. The Labute approximate surface area is 311 Å². The molecule has 0 spiro atoms. The van der Waals surface area contributed by atoms with Crippen LogP contribution in [0.2, 0.25) is 5.02 Å². The Hall–Kier alpha value is -4.07. The van der Waals surface area contributed by atoms with Gasteiger partial charge >= 0.3 is 12.0 Å². The molecule has 5 heterocycles. The van der Waals surface area contributed by atoms with Gasteiger partial charge in [0.1, 0.15) is 19.0 Å². The molecule has 1 saturated heterocycles. The zero-order chi connectivity index (χ0) is 37.2. The highest BCUT2D eigenvalue weighted by Gasteiger charge is 2.46. The molecule has 1 aromatic carbocycles. The number of fused-ring (bicyclic) bond motifs is 5. The molecule has 1 saturated carbocycles. The van der Waals surface area contributed by atoms with Crippen LogP contribution in [-0.2, 0) is 39.5 Å². The van der Waals surface area contributed by atoms with E-state index >= 15 is 4.39 Å². The number of cyclic esters (lactones) is 1. The molecule has 12 nitrogen and oxygen atoms in total. The number of rotatable bonds is 7. The van der Waals surface area contributed by atoms with Crippen LogP contribution in [0.25, 0.3) is 22.3 Å². The maximum Gasteiger partial charge on any atom is 0.343 e. The number of pyridine rings is 2. The average Bonchev–Trinajstić information content (AvgIpc) is 3.54. The van der Waals surface area contributed by atoms with Gasteiger partial charge in [-0.1, -0.05) is 50.6 Å². The Kier molecular flexibility index (Phi) is 9.47. The first kappa shape index (κ1) is 35.9. The van der Waals surface area contributed by atoms with Gasteiger partial charge in [-0.3, -0.25) is 9.59 Å². The van der Waals surface area contributed by atoms with E-state index in [0.717, 1.165) is 18.8 Å². The average molecular weight is 750 g/mol. The summed E-state index contributed by atoms with van der Waals surface area (Å²) in [4.78, 5) is 62.2. The Morgan fingerprint density at radius 3 is 2.53 bits per heavy atom. The number of hydrogen-bond donors (Lipinski definition) is 3. The number of ether oxygens (including phenoxy) is 1. The number of carbonyl (C=O) groups excluding carboxylic acids is 3. The Bertz CT molecular complexity index is 2080. The second kappa shape index (κ2) is 14.0. The summed E-state index contributed by atoms with van der Waals surface area (Å²) in [5.41, 5.74) is 0.796. The van der Waals surface area contributed by atoms with Gasteiger partial charge in [0.25, 0.3) is 5.56 Å². The number of nitrogens with zero attached hydrogens (tertiary/aromatic N) is 4. The third kappa shape index (κ3) is 5.99. The summed E-state index contributed by atoms with van der Waals surface area (Å²) in [5.74, 6) is -0.553. The Balaban J connectivity index is 1.09. The first-order chi connectivity index (χ1) is 25.5. The van der Waals surface area contributed by atoms with Crippen molar-refractivity contribution in [1.29, 1.82) is 0 Å². The van der Waals surface area contributed by atoms with Gasteiger partial charge in [-0.25, -0.2) is 19.0 Å². The van der Waals surface area contributed by atoms with Gasteiger partial charge < -0.3 is 34.6 Å².